The van der Waals surface area contributed by atoms with Gasteiger partial charge >= 0.3 is 18.0 Å². The molecule has 4 aliphatic carbocycles. The predicted octanol–water partition coefficient (Wildman–Crippen LogP) is 5.05. The number of hydrogen-bond donors (Lipinski definition) is 7. The normalized spacial score (nSPS) is 46.6. The van der Waals surface area contributed by atoms with E-state index in [-0.39, 0.29) is 56.1 Å². The number of alkyl carbamates (subject to hydrolysis) is 1. The highest BCUT2D eigenvalue weighted by Gasteiger charge is 2.65. The fourth-order valence-electron chi connectivity index (χ4n) is 15.7. The van der Waals surface area contributed by atoms with Crippen molar-refractivity contribution in [3.63, 3.8) is 0 Å². The number of amides is 1. The number of nitrogens with one attached hydrogen (secondary N) is 1. The largest absolute Gasteiger partial charge is 0.511 e. The van der Waals surface area contributed by atoms with Crippen molar-refractivity contribution in [3.05, 3.63) is 70.6 Å². The molecule has 87 heavy (non-hydrogen) atoms. The third-order valence-corrected chi connectivity index (χ3v) is 19.9. The molecule has 5 heterocycles. The van der Waals surface area contributed by atoms with Gasteiger partial charge in [-0.05, 0) is 103 Å². The maximum absolute atomic E-state index is 15.7. The van der Waals surface area contributed by atoms with Crippen LogP contribution in [0.1, 0.15) is 128 Å². The molecule has 0 aromatic heterocycles. The Hall–Kier alpha value is -4.73. The van der Waals surface area contributed by atoms with Crippen LogP contribution in [0.15, 0.2) is 70.6 Å². The third-order valence-electron chi connectivity index (χ3n) is 19.9. The molecule has 6 fully saturated rings. The number of methoxy groups -OCH3 is 1. The highest BCUT2D eigenvalue weighted by molar-refractivity contribution is 6.26. The van der Waals surface area contributed by atoms with Gasteiger partial charge in [-0.1, -0.05) is 62.8 Å². The van der Waals surface area contributed by atoms with E-state index in [2.05, 4.69) is 25.2 Å². The number of carbonyl (C=O) groups excluding carboxylic acids is 5. The standard InChI is InChI=1S/C64H92N2O21/c1-28-14-19-45(83-50-27-62(11,65)57(36(9)81-50)66-61(76)77-13)29(2)21-41-42(69)22-38(16-15-32(5)67)26-64(41)59(74)51(60(75)87-64)58(73)63(12)40(28)18-17-39-52(63)30(3)20-31(4)54(39)85-49-25-46(56(35(8)80-49)82-37(10)68)84-47-24-44(71)55(34(7)79-47)86-48-23-43(70)53(72)33(6)78-48/h14-18,21-22,30-31,33-36,39-50,52-57,69-73H,19-20,23-27,65H2,1-13H3,(H,66,76)/b16-15+,28-14+,29-21?,58-51?/t30-,31-,33-,34-,35-,36+,39-,40-,41+,42-,43+,44+,45-,46+,47-,48+,49-,50-,52+,53-,54-,55-,56-,57-,62-,63+,64-/m0/s1. The summed E-state index contributed by atoms with van der Waals surface area (Å²) in [7, 11) is 1.26. The van der Waals surface area contributed by atoms with Crippen LogP contribution in [-0.2, 0) is 71.3 Å². The Bertz CT molecular complexity index is 2770. The fraction of sp³-hybridized carbons (Fsp3) is 0.734. The molecular weight excluding hydrogens is 1130 g/mol. The molecule has 9 aliphatic rings. The van der Waals surface area contributed by atoms with Crippen LogP contribution in [0.4, 0.5) is 4.79 Å². The van der Waals surface area contributed by atoms with Gasteiger partial charge in [0.1, 0.15) is 29.6 Å². The lowest BCUT2D eigenvalue weighted by Crippen LogP contribution is -2.66. The molecule has 23 heteroatoms. The van der Waals surface area contributed by atoms with Crippen molar-refractivity contribution in [2.45, 2.75) is 250 Å². The summed E-state index contributed by atoms with van der Waals surface area (Å²) in [6, 6.07) is -0.643. The van der Waals surface area contributed by atoms with Crippen molar-refractivity contribution in [1.82, 2.24) is 5.32 Å². The van der Waals surface area contributed by atoms with Gasteiger partial charge in [-0.2, -0.15) is 0 Å². The zero-order valence-electron chi connectivity index (χ0n) is 52.2. The minimum atomic E-state index is -2.08. The second kappa shape index (κ2) is 26.2. The highest BCUT2D eigenvalue weighted by atomic mass is 16.7. The summed E-state index contributed by atoms with van der Waals surface area (Å²) < 4.78 is 68.8. The molecule has 1 amide bonds. The molecule has 0 radical (unpaired) electrons. The Morgan fingerprint density at radius 2 is 1.38 bits per heavy atom. The van der Waals surface area contributed by atoms with Crippen LogP contribution in [0.2, 0.25) is 0 Å². The lowest BCUT2D eigenvalue weighted by molar-refractivity contribution is -0.335. The zero-order valence-corrected chi connectivity index (χ0v) is 52.2. The van der Waals surface area contributed by atoms with E-state index in [0.717, 1.165) is 5.57 Å². The third kappa shape index (κ3) is 13.4. The molecule has 9 rings (SSSR count). The van der Waals surface area contributed by atoms with Crippen LogP contribution in [0.3, 0.4) is 0 Å². The summed E-state index contributed by atoms with van der Waals surface area (Å²) in [6.45, 7) is 21.1. The summed E-state index contributed by atoms with van der Waals surface area (Å²) >= 11 is 0. The first-order valence-electron chi connectivity index (χ1n) is 30.8. The van der Waals surface area contributed by atoms with E-state index in [1.165, 1.54) is 39.2 Å². The summed E-state index contributed by atoms with van der Waals surface area (Å²) in [4.78, 5) is 67.9. The second-order valence-electron chi connectivity index (χ2n) is 26.6. The average molecular weight is 1230 g/mol. The SMILES string of the molecule is COC(=O)N[C@H]1[C@@H](C)O[C@@H](O[C@H]2C/C=C(\C)[C@@H]3C=C[C@@H]4[C@@H](O[C@H]5C[C@@H](O[C@H]6C[C@@H](O)[C@@H](O[C@@H]7C[C@@H](O)[C@@H](O)[C@H](C)O7)[C@H](C)O6)[C@@H](OC(C)=O)[C@H](C)O5)[C@@H](C)C[C@H](C)[C@H]4[C@]3(C)C(O)=C3C(=O)O[C@]4(CC(/C=C/C(C)=O)=C[C@H](O)[C@H]4C=C2C)C3=O)C[C@]1(C)N. The van der Waals surface area contributed by atoms with Gasteiger partial charge in [0.05, 0.1) is 74.0 Å². The number of aliphatic hydroxyl groups is 5. The van der Waals surface area contributed by atoms with Crippen molar-refractivity contribution in [1.29, 1.82) is 0 Å². The summed E-state index contributed by atoms with van der Waals surface area (Å²) in [6.07, 6.45) is -3.16. The van der Waals surface area contributed by atoms with E-state index in [1.807, 2.05) is 26.0 Å². The predicted molar refractivity (Wildman–Crippen MR) is 309 cm³/mol. The molecule has 0 aromatic rings. The topological polar surface area (TPSA) is 326 Å². The molecular formula is C64H92N2O21. The fourth-order valence-corrected chi connectivity index (χ4v) is 15.7. The number of fused-ring (bicyclic) bond motifs is 4. The number of ether oxygens (including phenoxy) is 11. The van der Waals surface area contributed by atoms with Crippen LogP contribution < -0.4 is 11.1 Å². The van der Waals surface area contributed by atoms with Gasteiger partial charge in [0.25, 0.3) is 0 Å². The van der Waals surface area contributed by atoms with Crippen molar-refractivity contribution in [2.24, 2.45) is 46.7 Å². The number of rotatable bonds is 12. The van der Waals surface area contributed by atoms with E-state index in [4.69, 9.17) is 57.8 Å². The van der Waals surface area contributed by atoms with E-state index < -0.39 is 186 Å². The van der Waals surface area contributed by atoms with Gasteiger partial charge in [-0.25, -0.2) is 9.59 Å². The van der Waals surface area contributed by atoms with E-state index in [0.29, 0.717) is 17.6 Å². The van der Waals surface area contributed by atoms with E-state index in [9.17, 15) is 44.7 Å². The van der Waals surface area contributed by atoms with Crippen molar-refractivity contribution >= 4 is 29.6 Å². The Kier molecular flexibility index (Phi) is 20.1. The molecule has 484 valence electrons. The first-order valence-corrected chi connectivity index (χ1v) is 30.8. The van der Waals surface area contributed by atoms with Crippen molar-refractivity contribution in [3.8, 4) is 0 Å². The molecule has 0 unspecified atom stereocenters. The van der Waals surface area contributed by atoms with E-state index >= 15 is 4.79 Å². The van der Waals surface area contributed by atoms with Crippen LogP contribution in [-0.4, -0.2) is 184 Å². The maximum atomic E-state index is 15.7. The Morgan fingerprint density at radius 3 is 2.02 bits per heavy atom. The molecule has 5 aliphatic heterocycles. The highest BCUT2D eigenvalue weighted by Crippen LogP contribution is 2.61. The monoisotopic (exact) mass is 1220 g/mol. The first kappa shape index (κ1) is 66.7. The number of carbonyl (C=O) groups is 5. The van der Waals surface area contributed by atoms with Crippen molar-refractivity contribution < 1.29 is 102 Å². The Labute approximate surface area is 508 Å². The molecule has 8 N–H and O–H groups in total. The summed E-state index contributed by atoms with van der Waals surface area (Å²) in [5.74, 6) is -6.30. The van der Waals surface area contributed by atoms with E-state index in [1.54, 1.807) is 47.6 Å². The molecule has 5 saturated heterocycles. The first-order chi connectivity index (χ1) is 40.9. The number of hydrogen-bond acceptors (Lipinski definition) is 22. The van der Waals surface area contributed by atoms with Gasteiger partial charge in [-0.3, -0.25) is 14.4 Å². The van der Waals surface area contributed by atoms with Crippen molar-refractivity contribution in [2.75, 3.05) is 7.11 Å². The van der Waals surface area contributed by atoms with Gasteiger partial charge in [-0.15, -0.1) is 0 Å². The van der Waals surface area contributed by atoms with Crippen LogP contribution >= 0.6 is 0 Å². The molecule has 1 saturated carbocycles. The summed E-state index contributed by atoms with van der Waals surface area (Å²) in [5.41, 5.74) is 3.57. The lowest BCUT2D eigenvalue weighted by Gasteiger charge is -2.56. The van der Waals surface area contributed by atoms with Crippen LogP contribution in [0, 0.1) is 40.9 Å². The van der Waals surface area contributed by atoms with Crippen LogP contribution in [0.25, 0.3) is 0 Å². The van der Waals surface area contributed by atoms with Gasteiger partial charge in [0.15, 0.2) is 42.6 Å². The lowest BCUT2D eigenvalue weighted by atomic mass is 9.49. The minimum Gasteiger partial charge on any atom is -0.511 e. The number of esters is 2. The number of nitrogens with two attached hydrogens (primary N) is 1. The molecule has 1 spiro atoms. The van der Waals surface area contributed by atoms with Gasteiger partial charge in [0.2, 0.25) is 5.78 Å². The quantitative estimate of drug-likeness (QED) is 0.0442. The number of ketones is 2. The Morgan fingerprint density at radius 1 is 0.747 bits per heavy atom. The molecule has 0 aromatic carbocycles. The maximum Gasteiger partial charge on any atom is 0.407 e. The van der Waals surface area contributed by atoms with Gasteiger partial charge in [0, 0.05) is 61.8 Å². The molecule has 27 atom stereocenters. The summed E-state index contributed by atoms with van der Waals surface area (Å²) in [5, 5.41) is 60.4. The smallest absolute Gasteiger partial charge is 0.407 e. The van der Waals surface area contributed by atoms with Crippen LogP contribution in [0.5, 0.6) is 0 Å². The molecule has 2 bridgehead atoms. The minimum absolute atomic E-state index is 0.00980. The van der Waals surface area contributed by atoms with Gasteiger partial charge < -0.3 is 88.7 Å². The number of aliphatic hydroxyl groups excluding tert-OH is 5. The number of Topliss-reactive ketones (excluding diaryl/α,β-unsaturated/α-hetero) is 1. The number of allylic oxidation sites excluding steroid dienone is 5. The average Bonchev–Trinajstić information content (AvgIpc) is 1.74. The zero-order chi connectivity index (χ0) is 63.5. The Balaban J connectivity index is 1.04. The second-order valence-corrected chi connectivity index (χ2v) is 26.6. The molecule has 23 nitrogen and oxygen atoms in total.